The van der Waals surface area contributed by atoms with Crippen LogP contribution in [-0.4, -0.2) is 52.7 Å². The molecule has 1 aliphatic rings. The smallest absolute Gasteiger partial charge is 0.426 e. The first-order valence-electron chi connectivity index (χ1n) is 6.43. The van der Waals surface area contributed by atoms with Crippen molar-refractivity contribution < 1.29 is 41.0 Å². The summed E-state index contributed by atoms with van der Waals surface area (Å²) in [4.78, 5) is 12.4. The Bertz CT molecular complexity index is 412. The van der Waals surface area contributed by atoms with Crippen molar-refractivity contribution in [3.05, 3.63) is 0 Å². The van der Waals surface area contributed by atoms with Crippen LogP contribution in [0.5, 0.6) is 0 Å². The van der Waals surface area contributed by atoms with Crippen LogP contribution < -0.4 is 0 Å². The monoisotopic (exact) mass is 337 g/mol. The Morgan fingerprint density at radius 2 is 1.55 bits per heavy atom. The first-order valence-corrected chi connectivity index (χ1v) is 6.43. The molecule has 0 spiro atoms. The van der Waals surface area contributed by atoms with Gasteiger partial charge in [-0.1, -0.05) is 0 Å². The van der Waals surface area contributed by atoms with Crippen LogP contribution in [-0.2, 0) is 4.74 Å². The van der Waals surface area contributed by atoms with E-state index in [9.17, 15) is 36.2 Å². The third-order valence-corrected chi connectivity index (χ3v) is 3.30. The number of rotatable bonds is 1. The number of halogens is 6. The number of amides is 1. The second-order valence-corrected chi connectivity index (χ2v) is 6.17. The Labute approximate surface area is 123 Å². The number of likely N-dealkylation sites (tertiary alicyclic amines) is 1. The number of aliphatic hydroxyl groups is 1. The van der Waals surface area contributed by atoms with Crippen molar-refractivity contribution in [3.8, 4) is 0 Å². The summed E-state index contributed by atoms with van der Waals surface area (Å²) in [6, 6.07) is 0. The highest BCUT2D eigenvalue weighted by atomic mass is 19.4. The van der Waals surface area contributed by atoms with Gasteiger partial charge in [0.05, 0.1) is 0 Å². The Balaban J connectivity index is 2.94. The molecule has 0 bridgehead atoms. The maximum atomic E-state index is 12.7. The summed E-state index contributed by atoms with van der Waals surface area (Å²) in [7, 11) is 0. The van der Waals surface area contributed by atoms with E-state index >= 15 is 0 Å². The molecule has 0 saturated carbocycles. The molecule has 0 aliphatic carbocycles. The van der Waals surface area contributed by atoms with Gasteiger partial charge >= 0.3 is 18.4 Å². The Kier molecular flexibility index (Phi) is 4.69. The highest BCUT2D eigenvalue weighted by Crippen LogP contribution is 2.50. The number of carbonyl (C=O) groups is 1. The molecule has 0 aromatic heterocycles. The van der Waals surface area contributed by atoms with E-state index in [0.717, 1.165) is 4.90 Å². The minimum absolute atomic E-state index is 0.353. The third-order valence-electron chi connectivity index (χ3n) is 3.30. The molecule has 1 saturated heterocycles. The molecule has 1 heterocycles. The first kappa shape index (κ1) is 18.9. The number of hydrogen-bond acceptors (Lipinski definition) is 3. The fourth-order valence-electron chi connectivity index (χ4n) is 2.22. The van der Waals surface area contributed by atoms with Crippen LogP contribution >= 0.6 is 0 Å². The summed E-state index contributed by atoms with van der Waals surface area (Å²) < 4.78 is 81.4. The fourth-order valence-corrected chi connectivity index (χ4v) is 2.22. The second-order valence-electron chi connectivity index (χ2n) is 6.17. The molecular formula is C12H17F6NO3. The summed E-state index contributed by atoms with van der Waals surface area (Å²) in [6.45, 7) is 3.30. The van der Waals surface area contributed by atoms with Crippen molar-refractivity contribution in [1.82, 2.24) is 4.90 Å². The SMILES string of the molecule is CC(C)(C)OC(=O)N1CC[C@@H](C(O)(C(F)(F)F)C(F)(F)F)C1. The van der Waals surface area contributed by atoms with Crippen LogP contribution in [0.15, 0.2) is 0 Å². The van der Waals surface area contributed by atoms with Crippen LogP contribution in [0.2, 0.25) is 0 Å². The van der Waals surface area contributed by atoms with Crippen LogP contribution in [0.3, 0.4) is 0 Å². The lowest BCUT2D eigenvalue weighted by Crippen LogP contribution is -2.62. The minimum atomic E-state index is -5.89. The zero-order chi connectivity index (χ0) is 17.6. The molecule has 1 atom stereocenters. The van der Waals surface area contributed by atoms with Gasteiger partial charge in [-0.25, -0.2) is 4.79 Å². The van der Waals surface area contributed by atoms with E-state index in [4.69, 9.17) is 4.74 Å². The quantitative estimate of drug-likeness (QED) is 0.748. The molecule has 0 aromatic rings. The molecule has 130 valence electrons. The van der Waals surface area contributed by atoms with Gasteiger partial charge in [0.1, 0.15) is 5.60 Å². The predicted octanol–water partition coefficient (Wildman–Crippen LogP) is 3.10. The highest BCUT2D eigenvalue weighted by Gasteiger charge is 2.74. The Hall–Kier alpha value is -1.19. The summed E-state index contributed by atoms with van der Waals surface area (Å²) in [5.41, 5.74) is -5.78. The molecule has 0 aromatic carbocycles. The fraction of sp³-hybridized carbons (Fsp3) is 0.917. The lowest BCUT2D eigenvalue weighted by atomic mass is 9.85. The molecule has 1 amide bonds. The van der Waals surface area contributed by atoms with Crippen LogP contribution in [0.25, 0.3) is 0 Å². The number of carbonyl (C=O) groups excluding carboxylic acids is 1. The van der Waals surface area contributed by atoms with E-state index in [1.54, 1.807) is 0 Å². The molecule has 0 radical (unpaired) electrons. The van der Waals surface area contributed by atoms with E-state index < -0.39 is 48.5 Å². The second kappa shape index (κ2) is 5.47. The zero-order valence-electron chi connectivity index (χ0n) is 12.2. The zero-order valence-corrected chi connectivity index (χ0v) is 12.2. The minimum Gasteiger partial charge on any atom is -0.444 e. The van der Waals surface area contributed by atoms with Gasteiger partial charge in [0.15, 0.2) is 0 Å². The van der Waals surface area contributed by atoms with Crippen molar-refractivity contribution in [1.29, 1.82) is 0 Å². The normalized spacial score (nSPS) is 21.2. The summed E-state index contributed by atoms with van der Waals surface area (Å²) in [5.74, 6) is -2.19. The topological polar surface area (TPSA) is 49.8 Å². The molecule has 22 heavy (non-hydrogen) atoms. The highest BCUT2D eigenvalue weighted by molar-refractivity contribution is 5.68. The van der Waals surface area contributed by atoms with Crippen LogP contribution in [0.1, 0.15) is 27.2 Å². The molecule has 1 N–H and O–H groups in total. The molecule has 1 fully saturated rings. The average molecular weight is 337 g/mol. The van der Waals surface area contributed by atoms with Gasteiger partial charge in [0, 0.05) is 19.0 Å². The van der Waals surface area contributed by atoms with Crippen LogP contribution in [0.4, 0.5) is 31.1 Å². The van der Waals surface area contributed by atoms with Gasteiger partial charge in [0.25, 0.3) is 5.60 Å². The van der Waals surface area contributed by atoms with E-state index in [1.165, 1.54) is 20.8 Å². The molecule has 0 unspecified atom stereocenters. The molecular weight excluding hydrogens is 320 g/mol. The van der Waals surface area contributed by atoms with E-state index in [2.05, 4.69) is 0 Å². The lowest BCUT2D eigenvalue weighted by Gasteiger charge is -2.37. The van der Waals surface area contributed by atoms with Crippen molar-refractivity contribution in [3.63, 3.8) is 0 Å². The van der Waals surface area contributed by atoms with E-state index in [0.29, 0.717) is 0 Å². The van der Waals surface area contributed by atoms with Gasteiger partial charge in [0.2, 0.25) is 0 Å². The van der Waals surface area contributed by atoms with Crippen molar-refractivity contribution >= 4 is 6.09 Å². The van der Waals surface area contributed by atoms with Gasteiger partial charge < -0.3 is 14.7 Å². The lowest BCUT2D eigenvalue weighted by molar-refractivity contribution is -0.383. The maximum absolute atomic E-state index is 12.7. The Morgan fingerprint density at radius 3 is 1.91 bits per heavy atom. The Morgan fingerprint density at radius 1 is 1.09 bits per heavy atom. The standard InChI is InChI=1S/C12H17F6NO3/c1-9(2,3)22-8(20)19-5-4-7(6-19)10(21,11(13,14)15)12(16,17)18/h7,21H,4-6H2,1-3H3/t7-/m1/s1. The van der Waals surface area contributed by atoms with E-state index in [1.807, 2.05) is 0 Å². The van der Waals surface area contributed by atoms with Crippen LogP contribution in [0, 0.1) is 5.92 Å². The van der Waals surface area contributed by atoms with Crippen molar-refractivity contribution in [2.45, 2.75) is 50.7 Å². The summed E-state index contributed by atoms with van der Waals surface area (Å²) in [6.07, 6.45) is -13.4. The maximum Gasteiger partial charge on any atom is 0.426 e. The number of nitrogens with zero attached hydrogens (tertiary/aromatic N) is 1. The molecule has 4 nitrogen and oxygen atoms in total. The van der Waals surface area contributed by atoms with Crippen molar-refractivity contribution in [2.24, 2.45) is 5.92 Å². The van der Waals surface area contributed by atoms with E-state index in [-0.39, 0.29) is 6.54 Å². The molecule has 1 aliphatic heterocycles. The van der Waals surface area contributed by atoms with Gasteiger partial charge in [-0.05, 0) is 27.2 Å². The van der Waals surface area contributed by atoms with Crippen molar-refractivity contribution in [2.75, 3.05) is 13.1 Å². The largest absolute Gasteiger partial charge is 0.444 e. The molecule has 10 heteroatoms. The van der Waals surface area contributed by atoms with Gasteiger partial charge in [-0.15, -0.1) is 0 Å². The van der Waals surface area contributed by atoms with Gasteiger partial charge in [-0.2, -0.15) is 26.3 Å². The van der Waals surface area contributed by atoms with Gasteiger partial charge in [-0.3, -0.25) is 0 Å². The predicted molar refractivity (Wildman–Crippen MR) is 63.0 cm³/mol. The summed E-state index contributed by atoms with van der Waals surface area (Å²) >= 11 is 0. The number of ether oxygens (including phenoxy) is 1. The average Bonchev–Trinajstić information content (AvgIpc) is 2.71. The third kappa shape index (κ3) is 3.58. The molecule has 1 rings (SSSR count). The number of hydrogen-bond donors (Lipinski definition) is 1. The number of alkyl halides is 6. The first-order chi connectivity index (χ1) is 9.59. The summed E-state index contributed by atoms with van der Waals surface area (Å²) in [5, 5.41) is 9.29.